The minimum atomic E-state index is -0.781. The molecule has 1 aromatic heterocycles. The van der Waals surface area contributed by atoms with E-state index in [1.54, 1.807) is 15.5 Å². The number of nitrogens with one attached hydrogen (secondary N) is 1. The van der Waals surface area contributed by atoms with E-state index in [0.717, 1.165) is 5.56 Å². The third kappa shape index (κ3) is 3.07. The number of piperidine rings is 1. The fraction of sp³-hybridized carbons (Fsp3) is 0.588. The molecule has 0 atom stereocenters. The zero-order chi connectivity index (χ0) is 18.6. The van der Waals surface area contributed by atoms with Gasteiger partial charge in [-0.15, -0.1) is 0 Å². The maximum absolute atomic E-state index is 12.7. The maximum atomic E-state index is 12.7. The summed E-state index contributed by atoms with van der Waals surface area (Å²) >= 11 is 3.28. The van der Waals surface area contributed by atoms with Crippen LogP contribution in [0, 0.1) is 6.92 Å². The van der Waals surface area contributed by atoms with Gasteiger partial charge in [0.1, 0.15) is 17.0 Å². The van der Waals surface area contributed by atoms with Crippen LogP contribution >= 0.6 is 15.9 Å². The van der Waals surface area contributed by atoms with Crippen molar-refractivity contribution >= 4 is 27.9 Å². The Balaban J connectivity index is 1.88. The molecule has 0 aromatic carbocycles. The minimum absolute atomic E-state index is 0.232. The van der Waals surface area contributed by atoms with E-state index in [9.17, 15) is 14.4 Å². The van der Waals surface area contributed by atoms with Crippen molar-refractivity contribution in [3.8, 4) is 0 Å². The zero-order valence-corrected chi connectivity index (χ0v) is 16.4. The molecule has 25 heavy (non-hydrogen) atoms. The van der Waals surface area contributed by atoms with E-state index >= 15 is 0 Å². The summed E-state index contributed by atoms with van der Waals surface area (Å²) in [6.07, 6.45) is 0.548. The highest BCUT2D eigenvalue weighted by Crippen LogP contribution is 2.34. The normalized spacial score (nSPS) is 18.9. The van der Waals surface area contributed by atoms with Gasteiger partial charge in [0, 0.05) is 25.9 Å². The quantitative estimate of drug-likeness (QED) is 0.710. The van der Waals surface area contributed by atoms with Gasteiger partial charge in [-0.05, 0) is 55.3 Å². The summed E-state index contributed by atoms with van der Waals surface area (Å²) < 4.78 is 7.39. The summed E-state index contributed by atoms with van der Waals surface area (Å²) in [5.41, 5.74) is -0.422. The molecular formula is C17H22BrN3O4. The Hall–Kier alpha value is -1.83. The Morgan fingerprint density at radius 2 is 1.88 bits per heavy atom. The molecular weight excluding hydrogens is 390 g/mol. The van der Waals surface area contributed by atoms with Crippen molar-refractivity contribution in [3.05, 3.63) is 32.2 Å². The number of likely N-dealkylation sites (tertiary alicyclic amines) is 1. The van der Waals surface area contributed by atoms with Crippen LogP contribution in [-0.4, -0.2) is 40.2 Å². The number of amides is 2. The van der Waals surface area contributed by atoms with Crippen LogP contribution in [0.25, 0.3) is 0 Å². The average molecular weight is 412 g/mol. The number of aryl methyl sites for hydroxylation is 1. The van der Waals surface area contributed by atoms with Gasteiger partial charge in [0.25, 0.3) is 11.5 Å². The van der Waals surface area contributed by atoms with Crippen molar-refractivity contribution < 1.29 is 14.3 Å². The Morgan fingerprint density at radius 3 is 2.44 bits per heavy atom. The third-order valence-corrected chi connectivity index (χ3v) is 5.15. The number of halogens is 1. The zero-order valence-electron chi connectivity index (χ0n) is 14.8. The highest BCUT2D eigenvalue weighted by Gasteiger charge is 2.47. The molecule has 2 aliphatic heterocycles. The van der Waals surface area contributed by atoms with Gasteiger partial charge in [-0.2, -0.15) is 0 Å². The van der Waals surface area contributed by atoms with Gasteiger partial charge in [0.05, 0.1) is 4.47 Å². The molecule has 2 amide bonds. The van der Waals surface area contributed by atoms with Gasteiger partial charge >= 0.3 is 6.09 Å². The van der Waals surface area contributed by atoms with Crippen LogP contribution < -0.4 is 10.9 Å². The summed E-state index contributed by atoms with van der Waals surface area (Å²) in [7, 11) is 0. The van der Waals surface area contributed by atoms with E-state index in [4.69, 9.17) is 4.74 Å². The molecule has 1 spiro atoms. The highest BCUT2D eigenvalue weighted by molar-refractivity contribution is 9.10. The van der Waals surface area contributed by atoms with Crippen LogP contribution in [0.1, 0.15) is 49.7 Å². The number of pyridine rings is 1. The molecule has 0 aliphatic carbocycles. The molecule has 0 saturated carbocycles. The SMILES string of the molecule is Cc1cc(Br)c(=O)n2c1C(=O)NC21CCN(C(=O)OC(C)(C)C)CC1. The van der Waals surface area contributed by atoms with Gasteiger partial charge in [0.15, 0.2) is 0 Å². The number of nitrogens with zero attached hydrogens (tertiary/aromatic N) is 2. The third-order valence-electron chi connectivity index (χ3n) is 4.58. The summed E-state index contributed by atoms with van der Waals surface area (Å²) in [6, 6.07) is 1.67. The van der Waals surface area contributed by atoms with Gasteiger partial charge in [-0.1, -0.05) is 0 Å². The number of hydrogen-bond donors (Lipinski definition) is 1. The first-order valence-electron chi connectivity index (χ1n) is 8.27. The maximum Gasteiger partial charge on any atom is 0.410 e. The lowest BCUT2D eigenvalue weighted by atomic mass is 9.97. The van der Waals surface area contributed by atoms with Crippen molar-refractivity contribution in [2.24, 2.45) is 0 Å². The van der Waals surface area contributed by atoms with Gasteiger partial charge < -0.3 is 15.0 Å². The average Bonchev–Trinajstić information content (AvgIpc) is 2.76. The van der Waals surface area contributed by atoms with E-state index in [0.29, 0.717) is 36.1 Å². The number of carbonyl (C=O) groups excluding carboxylic acids is 2. The van der Waals surface area contributed by atoms with Crippen molar-refractivity contribution in [2.75, 3.05) is 13.1 Å². The minimum Gasteiger partial charge on any atom is -0.444 e. The van der Waals surface area contributed by atoms with Crippen LogP contribution in [0.5, 0.6) is 0 Å². The molecule has 0 radical (unpaired) electrons. The number of hydrogen-bond acceptors (Lipinski definition) is 4. The predicted octanol–water partition coefficient (Wildman–Crippen LogP) is 2.35. The summed E-state index contributed by atoms with van der Waals surface area (Å²) in [6.45, 7) is 8.10. The molecule has 3 rings (SSSR count). The summed E-state index contributed by atoms with van der Waals surface area (Å²) in [5.74, 6) is -0.243. The van der Waals surface area contributed by atoms with E-state index in [1.165, 1.54) is 0 Å². The molecule has 1 fully saturated rings. The Morgan fingerprint density at radius 1 is 1.28 bits per heavy atom. The van der Waals surface area contributed by atoms with E-state index in [2.05, 4.69) is 21.2 Å². The second kappa shape index (κ2) is 5.86. The fourth-order valence-corrected chi connectivity index (χ4v) is 3.98. The Labute approximate surface area is 154 Å². The Bertz CT molecular complexity index is 801. The monoisotopic (exact) mass is 411 g/mol. The first-order chi connectivity index (χ1) is 11.5. The summed E-state index contributed by atoms with van der Waals surface area (Å²) in [5, 5.41) is 2.98. The number of rotatable bonds is 0. The second-order valence-electron chi connectivity index (χ2n) is 7.62. The molecule has 0 unspecified atom stereocenters. The van der Waals surface area contributed by atoms with Gasteiger partial charge in [0.2, 0.25) is 0 Å². The van der Waals surface area contributed by atoms with Crippen molar-refractivity contribution in [1.29, 1.82) is 0 Å². The van der Waals surface area contributed by atoms with Crippen LogP contribution in [0.3, 0.4) is 0 Å². The molecule has 1 N–H and O–H groups in total. The van der Waals surface area contributed by atoms with Crippen LogP contribution in [0.2, 0.25) is 0 Å². The van der Waals surface area contributed by atoms with Gasteiger partial charge in [-0.25, -0.2) is 4.79 Å². The molecule has 7 nitrogen and oxygen atoms in total. The first kappa shape index (κ1) is 18.0. The largest absolute Gasteiger partial charge is 0.444 e. The molecule has 2 aliphatic rings. The number of aromatic nitrogens is 1. The summed E-state index contributed by atoms with van der Waals surface area (Å²) in [4.78, 5) is 39.0. The van der Waals surface area contributed by atoms with E-state index < -0.39 is 11.3 Å². The fourth-order valence-electron chi connectivity index (χ4n) is 3.45. The standard InChI is InChI=1S/C17H22BrN3O4/c1-10-9-11(18)14(23)21-12(10)13(22)19-17(21)5-7-20(8-6-17)15(24)25-16(2,3)4/h9H,5-8H2,1-4H3,(H,19,22). The smallest absolute Gasteiger partial charge is 0.410 e. The highest BCUT2D eigenvalue weighted by atomic mass is 79.9. The first-order valence-corrected chi connectivity index (χ1v) is 9.06. The molecule has 8 heteroatoms. The lowest BCUT2D eigenvalue weighted by Crippen LogP contribution is -2.55. The van der Waals surface area contributed by atoms with Crippen LogP contribution in [0.4, 0.5) is 4.79 Å². The molecule has 0 bridgehead atoms. The molecule has 3 heterocycles. The van der Waals surface area contributed by atoms with Gasteiger partial charge in [-0.3, -0.25) is 14.2 Å². The number of ether oxygens (including phenoxy) is 1. The predicted molar refractivity (Wildman–Crippen MR) is 95.6 cm³/mol. The van der Waals surface area contributed by atoms with E-state index in [-0.39, 0.29) is 17.6 Å². The molecule has 1 aromatic rings. The van der Waals surface area contributed by atoms with Crippen molar-refractivity contribution in [1.82, 2.24) is 14.8 Å². The lowest BCUT2D eigenvalue weighted by Gasteiger charge is -2.40. The van der Waals surface area contributed by atoms with Crippen LogP contribution in [0.15, 0.2) is 15.3 Å². The molecule has 1 saturated heterocycles. The van der Waals surface area contributed by atoms with E-state index in [1.807, 2.05) is 27.7 Å². The van der Waals surface area contributed by atoms with Crippen molar-refractivity contribution in [2.45, 2.75) is 51.8 Å². The lowest BCUT2D eigenvalue weighted by molar-refractivity contribution is 0.00949. The molecule has 136 valence electrons. The topological polar surface area (TPSA) is 80.6 Å². The number of carbonyl (C=O) groups is 2. The Kier molecular flexibility index (Phi) is 4.21. The second-order valence-corrected chi connectivity index (χ2v) is 8.47. The van der Waals surface area contributed by atoms with Crippen molar-refractivity contribution in [3.63, 3.8) is 0 Å². The van der Waals surface area contributed by atoms with Crippen LogP contribution in [-0.2, 0) is 10.4 Å². The number of fused-ring (bicyclic) bond motifs is 2.